The van der Waals surface area contributed by atoms with Crippen molar-refractivity contribution in [1.29, 1.82) is 0 Å². The number of aliphatic hydroxyl groups excluding tert-OH is 1. The highest BCUT2D eigenvalue weighted by Crippen LogP contribution is 2.20. The summed E-state index contributed by atoms with van der Waals surface area (Å²) in [4.78, 5) is 15.1. The Kier molecular flexibility index (Phi) is 4.12. The molecule has 0 aliphatic heterocycles. The maximum Gasteiger partial charge on any atom is 0.267 e. The molecule has 2 unspecified atom stereocenters. The fourth-order valence-electron chi connectivity index (χ4n) is 1.81. The molecule has 0 aliphatic carbocycles. The number of H-pyrrole nitrogens is 1. The molecule has 3 N–H and O–H groups in total. The maximum atomic E-state index is 12.1. The van der Waals surface area contributed by atoms with E-state index < -0.39 is 0 Å². The highest BCUT2D eigenvalue weighted by molar-refractivity contribution is 6.31. The average molecular weight is 281 g/mol. The Bertz CT molecular complexity index is 594. The van der Waals surface area contributed by atoms with Gasteiger partial charge in [-0.2, -0.15) is 0 Å². The van der Waals surface area contributed by atoms with E-state index in [-0.39, 0.29) is 24.5 Å². The third-order valence-electron chi connectivity index (χ3n) is 3.33. The van der Waals surface area contributed by atoms with E-state index in [2.05, 4.69) is 10.3 Å². The van der Waals surface area contributed by atoms with Gasteiger partial charge in [-0.1, -0.05) is 18.5 Å². The molecule has 102 valence electrons. The van der Waals surface area contributed by atoms with Crippen LogP contribution in [0, 0.1) is 5.92 Å². The summed E-state index contributed by atoms with van der Waals surface area (Å²) in [7, 11) is 0. The molecule has 19 heavy (non-hydrogen) atoms. The average Bonchev–Trinajstić information content (AvgIpc) is 2.80. The number of hydrogen-bond donors (Lipinski definition) is 3. The third kappa shape index (κ3) is 3.08. The quantitative estimate of drug-likeness (QED) is 0.806. The predicted molar refractivity (Wildman–Crippen MR) is 76.5 cm³/mol. The van der Waals surface area contributed by atoms with Gasteiger partial charge in [-0.3, -0.25) is 4.79 Å². The van der Waals surface area contributed by atoms with Crippen molar-refractivity contribution in [3.8, 4) is 0 Å². The lowest BCUT2D eigenvalue weighted by atomic mass is 10.1. The number of rotatable bonds is 4. The molecule has 0 fully saturated rings. The molecule has 1 aromatic heterocycles. The van der Waals surface area contributed by atoms with Crippen LogP contribution in [-0.2, 0) is 0 Å². The predicted octanol–water partition coefficient (Wildman–Crippen LogP) is 2.57. The molecule has 0 spiro atoms. The largest absolute Gasteiger partial charge is 0.396 e. The number of aromatic nitrogens is 1. The lowest BCUT2D eigenvalue weighted by molar-refractivity contribution is 0.0912. The van der Waals surface area contributed by atoms with Crippen molar-refractivity contribution in [2.24, 2.45) is 5.92 Å². The van der Waals surface area contributed by atoms with Crippen molar-refractivity contribution < 1.29 is 9.90 Å². The monoisotopic (exact) mass is 280 g/mol. The van der Waals surface area contributed by atoms with Crippen molar-refractivity contribution in [3.63, 3.8) is 0 Å². The van der Waals surface area contributed by atoms with Crippen LogP contribution >= 0.6 is 11.6 Å². The minimum absolute atomic E-state index is 0.0165. The molecule has 1 heterocycles. The highest BCUT2D eigenvalue weighted by Gasteiger charge is 2.16. The SMILES string of the molecule is CC(CO)C(C)NC(=O)c1cc2cc(Cl)ccc2[nH]1. The maximum absolute atomic E-state index is 12.1. The van der Waals surface area contributed by atoms with Crippen molar-refractivity contribution in [1.82, 2.24) is 10.3 Å². The van der Waals surface area contributed by atoms with Crippen LogP contribution in [-0.4, -0.2) is 28.6 Å². The van der Waals surface area contributed by atoms with E-state index >= 15 is 0 Å². The summed E-state index contributed by atoms with van der Waals surface area (Å²) in [6.07, 6.45) is 0. The van der Waals surface area contributed by atoms with E-state index in [1.54, 1.807) is 12.1 Å². The van der Waals surface area contributed by atoms with Gasteiger partial charge in [0.05, 0.1) is 0 Å². The van der Waals surface area contributed by atoms with Gasteiger partial charge >= 0.3 is 0 Å². The zero-order valence-corrected chi connectivity index (χ0v) is 11.7. The van der Waals surface area contributed by atoms with Gasteiger partial charge in [0.25, 0.3) is 5.91 Å². The summed E-state index contributed by atoms with van der Waals surface area (Å²) in [5, 5.41) is 13.5. The van der Waals surface area contributed by atoms with Crippen LogP contribution in [0.15, 0.2) is 24.3 Å². The Labute approximate surface area is 116 Å². The first-order chi connectivity index (χ1) is 9.01. The third-order valence-corrected chi connectivity index (χ3v) is 3.56. The molecule has 0 saturated carbocycles. The first-order valence-corrected chi connectivity index (χ1v) is 6.59. The van der Waals surface area contributed by atoms with E-state index in [4.69, 9.17) is 16.7 Å². The summed E-state index contributed by atoms with van der Waals surface area (Å²) in [5.74, 6) is -0.164. The molecule has 1 amide bonds. The van der Waals surface area contributed by atoms with Gasteiger partial charge in [0, 0.05) is 28.6 Å². The highest BCUT2D eigenvalue weighted by atomic mass is 35.5. The van der Waals surface area contributed by atoms with E-state index in [0.717, 1.165) is 10.9 Å². The lowest BCUT2D eigenvalue weighted by Crippen LogP contribution is -2.38. The van der Waals surface area contributed by atoms with Crippen LogP contribution in [0.25, 0.3) is 10.9 Å². The summed E-state index contributed by atoms with van der Waals surface area (Å²) >= 11 is 5.91. The standard InChI is InChI=1S/C14H17ClN2O2/c1-8(7-18)9(2)16-14(19)13-6-10-5-11(15)3-4-12(10)17-13/h3-6,8-9,17-18H,7H2,1-2H3,(H,16,19). The number of amides is 1. The molecular formula is C14H17ClN2O2. The first kappa shape index (κ1) is 13.9. The van der Waals surface area contributed by atoms with Crippen molar-refractivity contribution >= 4 is 28.4 Å². The van der Waals surface area contributed by atoms with Gasteiger partial charge in [0.2, 0.25) is 0 Å². The van der Waals surface area contributed by atoms with Gasteiger partial charge in [0.15, 0.2) is 0 Å². The second-order valence-electron chi connectivity index (χ2n) is 4.84. The Morgan fingerprint density at radius 3 is 2.84 bits per heavy atom. The molecule has 4 nitrogen and oxygen atoms in total. The Balaban J connectivity index is 2.17. The smallest absolute Gasteiger partial charge is 0.267 e. The van der Waals surface area contributed by atoms with Crippen molar-refractivity contribution in [2.45, 2.75) is 19.9 Å². The molecule has 0 radical (unpaired) electrons. The van der Waals surface area contributed by atoms with Crippen molar-refractivity contribution in [2.75, 3.05) is 6.61 Å². The summed E-state index contributed by atoms with van der Waals surface area (Å²) in [6.45, 7) is 3.80. The molecule has 0 aliphatic rings. The fourth-order valence-corrected chi connectivity index (χ4v) is 1.99. The van der Waals surface area contributed by atoms with Crippen LogP contribution in [0.3, 0.4) is 0 Å². The molecule has 0 saturated heterocycles. The first-order valence-electron chi connectivity index (χ1n) is 6.21. The van der Waals surface area contributed by atoms with Crippen LogP contribution in [0.5, 0.6) is 0 Å². The number of nitrogens with one attached hydrogen (secondary N) is 2. The van der Waals surface area contributed by atoms with E-state index in [1.807, 2.05) is 26.0 Å². The molecule has 5 heteroatoms. The Morgan fingerprint density at radius 2 is 2.16 bits per heavy atom. The van der Waals surface area contributed by atoms with E-state index in [0.29, 0.717) is 10.7 Å². The van der Waals surface area contributed by atoms with Gasteiger partial charge in [0.1, 0.15) is 5.69 Å². The molecule has 0 bridgehead atoms. The Hall–Kier alpha value is -1.52. The molecule has 2 rings (SSSR count). The zero-order chi connectivity index (χ0) is 14.0. The number of aliphatic hydroxyl groups is 1. The normalized spacial score (nSPS) is 14.3. The summed E-state index contributed by atoms with van der Waals surface area (Å²) in [6, 6.07) is 7.11. The van der Waals surface area contributed by atoms with Gasteiger partial charge in [-0.05, 0) is 37.1 Å². The van der Waals surface area contributed by atoms with Crippen molar-refractivity contribution in [3.05, 3.63) is 35.0 Å². The van der Waals surface area contributed by atoms with Gasteiger partial charge in [-0.25, -0.2) is 0 Å². The topological polar surface area (TPSA) is 65.1 Å². The molecular weight excluding hydrogens is 264 g/mol. The van der Waals surface area contributed by atoms with Crippen LogP contribution in [0.4, 0.5) is 0 Å². The number of carbonyl (C=O) groups excluding carboxylic acids is 1. The lowest BCUT2D eigenvalue weighted by Gasteiger charge is -2.18. The molecule has 2 atom stereocenters. The van der Waals surface area contributed by atoms with Crippen LogP contribution in [0.1, 0.15) is 24.3 Å². The minimum Gasteiger partial charge on any atom is -0.396 e. The Morgan fingerprint density at radius 1 is 1.42 bits per heavy atom. The number of hydrogen-bond acceptors (Lipinski definition) is 2. The summed E-state index contributed by atoms with van der Waals surface area (Å²) in [5.41, 5.74) is 1.37. The van der Waals surface area contributed by atoms with E-state index in [9.17, 15) is 4.79 Å². The molecule has 1 aromatic carbocycles. The molecule has 2 aromatic rings. The van der Waals surface area contributed by atoms with E-state index in [1.165, 1.54) is 0 Å². The zero-order valence-electron chi connectivity index (χ0n) is 10.9. The minimum atomic E-state index is -0.180. The fraction of sp³-hybridized carbons (Fsp3) is 0.357. The number of halogens is 1. The second kappa shape index (κ2) is 5.63. The second-order valence-corrected chi connectivity index (χ2v) is 5.27. The number of aromatic amines is 1. The number of benzene rings is 1. The summed E-state index contributed by atoms with van der Waals surface area (Å²) < 4.78 is 0. The van der Waals surface area contributed by atoms with Crippen LogP contribution in [0.2, 0.25) is 5.02 Å². The van der Waals surface area contributed by atoms with Crippen LogP contribution < -0.4 is 5.32 Å². The number of carbonyl (C=O) groups is 1. The van der Waals surface area contributed by atoms with Gasteiger partial charge in [-0.15, -0.1) is 0 Å². The van der Waals surface area contributed by atoms with Gasteiger partial charge < -0.3 is 15.4 Å². The number of fused-ring (bicyclic) bond motifs is 1.